The van der Waals surface area contributed by atoms with Crippen molar-refractivity contribution in [3.8, 4) is 0 Å². The maximum absolute atomic E-state index is 12.1. The Morgan fingerprint density at radius 3 is 2.42 bits per heavy atom. The second-order valence-corrected chi connectivity index (χ2v) is 6.27. The fourth-order valence-corrected chi connectivity index (χ4v) is 2.02. The predicted octanol–water partition coefficient (Wildman–Crippen LogP) is 2.72. The minimum atomic E-state index is -0.582. The summed E-state index contributed by atoms with van der Waals surface area (Å²) >= 11 is 6.15. The monoisotopic (exact) mass is 283 g/mol. The minimum absolute atomic E-state index is 0.210. The summed E-state index contributed by atoms with van der Waals surface area (Å²) in [6.45, 7) is 5.80. The van der Waals surface area contributed by atoms with E-state index in [0.717, 1.165) is 5.69 Å². The van der Waals surface area contributed by atoms with Gasteiger partial charge in [-0.1, -0.05) is 38.4 Å². The maximum atomic E-state index is 12.1. The van der Waals surface area contributed by atoms with Crippen LogP contribution in [0.4, 0.5) is 11.4 Å². The molecule has 0 aliphatic rings. The molecule has 1 aromatic carbocycles. The molecule has 1 amide bonds. The van der Waals surface area contributed by atoms with Crippen LogP contribution >= 0.6 is 11.6 Å². The largest absolute Gasteiger partial charge is 0.375 e. The van der Waals surface area contributed by atoms with Crippen molar-refractivity contribution in [3.05, 3.63) is 23.2 Å². The molecule has 1 rings (SSSR count). The average molecular weight is 284 g/mol. The van der Waals surface area contributed by atoms with Gasteiger partial charge in [-0.3, -0.25) is 4.79 Å². The third kappa shape index (κ3) is 3.85. The Labute approximate surface area is 119 Å². The lowest BCUT2D eigenvalue weighted by molar-refractivity contribution is -0.119. The Bertz CT molecular complexity index is 466. The van der Waals surface area contributed by atoms with Crippen molar-refractivity contribution >= 4 is 28.9 Å². The molecule has 0 aliphatic heterocycles. The number of rotatable bonds is 3. The molecule has 0 saturated carbocycles. The summed E-state index contributed by atoms with van der Waals surface area (Å²) in [6.07, 6.45) is 0. The van der Waals surface area contributed by atoms with Crippen LogP contribution in [0.1, 0.15) is 20.8 Å². The molecular formula is C14H22ClN3O. The Balaban J connectivity index is 3.01. The van der Waals surface area contributed by atoms with E-state index in [1.54, 1.807) is 12.1 Å². The van der Waals surface area contributed by atoms with Crippen LogP contribution < -0.4 is 16.0 Å². The lowest BCUT2D eigenvalue weighted by atomic mass is 9.87. The van der Waals surface area contributed by atoms with Crippen LogP contribution in [0.3, 0.4) is 0 Å². The van der Waals surface area contributed by atoms with Crippen molar-refractivity contribution in [2.24, 2.45) is 11.1 Å². The number of amides is 1. The fourth-order valence-electron chi connectivity index (χ4n) is 1.67. The quantitative estimate of drug-likeness (QED) is 0.897. The minimum Gasteiger partial charge on any atom is -0.375 e. The molecule has 0 spiro atoms. The second-order valence-electron chi connectivity index (χ2n) is 5.86. The summed E-state index contributed by atoms with van der Waals surface area (Å²) < 4.78 is 0. The zero-order valence-corrected chi connectivity index (χ0v) is 12.9. The molecule has 0 radical (unpaired) electrons. The van der Waals surface area contributed by atoms with E-state index >= 15 is 0 Å². The first kappa shape index (κ1) is 15.8. The molecule has 5 heteroatoms. The Morgan fingerprint density at radius 2 is 1.95 bits per heavy atom. The molecule has 0 bridgehead atoms. The van der Waals surface area contributed by atoms with Gasteiger partial charge in [-0.25, -0.2) is 0 Å². The Hall–Kier alpha value is -1.26. The number of nitrogens with zero attached hydrogens (tertiary/aromatic N) is 1. The molecule has 3 N–H and O–H groups in total. The zero-order valence-electron chi connectivity index (χ0n) is 12.1. The highest BCUT2D eigenvalue weighted by molar-refractivity contribution is 6.34. The molecule has 1 aromatic rings. The number of para-hydroxylation sites is 1. The van der Waals surface area contributed by atoms with Gasteiger partial charge in [-0.05, 0) is 17.5 Å². The zero-order chi connectivity index (χ0) is 14.8. The third-order valence-corrected chi connectivity index (χ3v) is 3.21. The van der Waals surface area contributed by atoms with Crippen molar-refractivity contribution in [3.63, 3.8) is 0 Å². The number of benzene rings is 1. The molecule has 19 heavy (non-hydrogen) atoms. The highest BCUT2D eigenvalue weighted by Gasteiger charge is 2.28. The maximum Gasteiger partial charge on any atom is 0.241 e. The van der Waals surface area contributed by atoms with Crippen molar-refractivity contribution in [1.29, 1.82) is 0 Å². The first-order valence-electron chi connectivity index (χ1n) is 6.17. The predicted molar refractivity (Wildman–Crippen MR) is 81.8 cm³/mol. The van der Waals surface area contributed by atoms with Gasteiger partial charge >= 0.3 is 0 Å². The number of nitrogens with two attached hydrogens (primary N) is 1. The number of hydrogen-bond acceptors (Lipinski definition) is 3. The molecular weight excluding hydrogens is 262 g/mol. The van der Waals surface area contributed by atoms with Crippen molar-refractivity contribution in [1.82, 2.24) is 0 Å². The van der Waals surface area contributed by atoms with Gasteiger partial charge in [-0.2, -0.15) is 0 Å². The van der Waals surface area contributed by atoms with Crippen LogP contribution in [-0.2, 0) is 4.79 Å². The molecule has 0 aliphatic carbocycles. The second kappa shape index (κ2) is 5.80. The lowest BCUT2D eigenvalue weighted by Crippen LogP contribution is -2.45. The molecule has 1 atom stereocenters. The average Bonchev–Trinajstić information content (AvgIpc) is 2.26. The van der Waals surface area contributed by atoms with Crippen molar-refractivity contribution in [2.75, 3.05) is 24.3 Å². The van der Waals surface area contributed by atoms with Crippen molar-refractivity contribution in [2.45, 2.75) is 26.8 Å². The summed E-state index contributed by atoms with van der Waals surface area (Å²) in [7, 11) is 3.75. The number of halogens is 1. The van der Waals surface area contributed by atoms with E-state index in [1.807, 2.05) is 45.8 Å². The van der Waals surface area contributed by atoms with Gasteiger partial charge in [0.15, 0.2) is 0 Å². The fraction of sp³-hybridized carbons (Fsp3) is 0.500. The number of nitrogens with one attached hydrogen (secondary N) is 1. The molecule has 0 unspecified atom stereocenters. The molecule has 0 aromatic heterocycles. The smallest absolute Gasteiger partial charge is 0.241 e. The molecule has 0 fully saturated rings. The number of anilines is 2. The van der Waals surface area contributed by atoms with E-state index in [-0.39, 0.29) is 11.3 Å². The normalized spacial score (nSPS) is 13.0. The van der Waals surface area contributed by atoms with Crippen LogP contribution in [0, 0.1) is 5.41 Å². The van der Waals surface area contributed by atoms with Gasteiger partial charge in [0.2, 0.25) is 5.91 Å². The lowest BCUT2D eigenvalue weighted by Gasteiger charge is -2.27. The van der Waals surface area contributed by atoms with Crippen LogP contribution in [0.15, 0.2) is 18.2 Å². The van der Waals surface area contributed by atoms with Gasteiger partial charge < -0.3 is 16.0 Å². The van der Waals surface area contributed by atoms with Gasteiger partial charge in [0.05, 0.1) is 22.4 Å². The van der Waals surface area contributed by atoms with E-state index in [4.69, 9.17) is 17.3 Å². The van der Waals surface area contributed by atoms with Gasteiger partial charge in [0.25, 0.3) is 0 Å². The topological polar surface area (TPSA) is 58.4 Å². The SMILES string of the molecule is CN(C)c1c(Cl)cccc1NC(=O)[C@@H](N)C(C)(C)C. The molecule has 4 nitrogen and oxygen atoms in total. The highest BCUT2D eigenvalue weighted by atomic mass is 35.5. The number of carbonyl (C=O) groups is 1. The summed E-state index contributed by atoms with van der Waals surface area (Å²) in [4.78, 5) is 14.0. The van der Waals surface area contributed by atoms with Crippen LogP contribution in [0.2, 0.25) is 5.02 Å². The third-order valence-electron chi connectivity index (χ3n) is 2.91. The van der Waals surface area contributed by atoms with E-state index in [0.29, 0.717) is 10.7 Å². The van der Waals surface area contributed by atoms with E-state index in [2.05, 4.69) is 5.32 Å². The van der Waals surface area contributed by atoms with Gasteiger partial charge in [0.1, 0.15) is 0 Å². The van der Waals surface area contributed by atoms with Crippen LogP contribution in [0.25, 0.3) is 0 Å². The summed E-state index contributed by atoms with van der Waals surface area (Å²) in [5.41, 5.74) is 7.10. The molecule has 106 valence electrons. The van der Waals surface area contributed by atoms with E-state index < -0.39 is 6.04 Å². The first-order valence-corrected chi connectivity index (χ1v) is 6.54. The standard InChI is InChI=1S/C14H22ClN3O/c1-14(2,3)12(16)13(19)17-10-8-6-7-9(15)11(10)18(4)5/h6-8,12H,16H2,1-5H3,(H,17,19)/t12-/m1/s1. The van der Waals surface area contributed by atoms with Gasteiger partial charge in [0, 0.05) is 14.1 Å². The van der Waals surface area contributed by atoms with Gasteiger partial charge in [-0.15, -0.1) is 0 Å². The number of hydrogen-bond donors (Lipinski definition) is 2. The Morgan fingerprint density at radius 1 is 1.37 bits per heavy atom. The first-order chi connectivity index (χ1) is 8.64. The van der Waals surface area contributed by atoms with Crippen LogP contribution in [-0.4, -0.2) is 26.0 Å². The van der Waals surface area contributed by atoms with Crippen molar-refractivity contribution < 1.29 is 4.79 Å². The summed E-state index contributed by atoms with van der Waals surface area (Å²) in [5, 5.41) is 3.44. The van der Waals surface area contributed by atoms with E-state index in [1.165, 1.54) is 0 Å². The molecule has 0 heterocycles. The summed E-state index contributed by atoms with van der Waals surface area (Å²) in [6, 6.07) is 4.82. The summed E-state index contributed by atoms with van der Waals surface area (Å²) in [5.74, 6) is -0.210. The highest BCUT2D eigenvalue weighted by Crippen LogP contribution is 2.32. The Kier molecular flexibility index (Phi) is 4.82. The molecule has 0 saturated heterocycles. The van der Waals surface area contributed by atoms with E-state index in [9.17, 15) is 4.79 Å². The number of carbonyl (C=O) groups excluding carboxylic acids is 1. The van der Waals surface area contributed by atoms with Crippen LogP contribution in [0.5, 0.6) is 0 Å².